The Labute approximate surface area is 113 Å². The highest BCUT2D eigenvalue weighted by Crippen LogP contribution is 2.32. The van der Waals surface area contributed by atoms with E-state index in [1.54, 1.807) is 12.1 Å². The van der Waals surface area contributed by atoms with E-state index in [1.807, 2.05) is 39.0 Å². The van der Waals surface area contributed by atoms with Crippen LogP contribution in [-0.2, 0) is 6.42 Å². The molecule has 0 atom stereocenters. The molecule has 0 saturated carbocycles. The maximum atomic E-state index is 9.67. The van der Waals surface area contributed by atoms with Crippen molar-refractivity contribution in [2.24, 2.45) is 0 Å². The van der Waals surface area contributed by atoms with Crippen molar-refractivity contribution >= 4 is 5.69 Å². The van der Waals surface area contributed by atoms with E-state index >= 15 is 0 Å². The molecule has 3 nitrogen and oxygen atoms in total. The number of nitrogens with two attached hydrogens (primary N) is 1. The highest BCUT2D eigenvalue weighted by Gasteiger charge is 2.08. The van der Waals surface area contributed by atoms with Gasteiger partial charge in [-0.1, -0.05) is 6.92 Å². The zero-order valence-corrected chi connectivity index (χ0v) is 11.5. The first-order valence-corrected chi connectivity index (χ1v) is 6.37. The predicted molar refractivity (Wildman–Crippen MR) is 77.9 cm³/mol. The third kappa shape index (κ3) is 2.81. The van der Waals surface area contributed by atoms with E-state index in [2.05, 4.69) is 0 Å². The average molecular weight is 257 g/mol. The van der Waals surface area contributed by atoms with Crippen LogP contribution in [0.2, 0.25) is 0 Å². The molecule has 0 spiro atoms. The SMILES string of the molecule is CCc1cc(Oc2c(C)cc(N)cc2C)ccc1O. The molecule has 3 heteroatoms. The van der Waals surface area contributed by atoms with Gasteiger partial charge in [0.1, 0.15) is 17.2 Å². The number of phenols is 1. The lowest BCUT2D eigenvalue weighted by atomic mass is 10.1. The number of anilines is 1. The fraction of sp³-hybridized carbons (Fsp3) is 0.250. The van der Waals surface area contributed by atoms with E-state index in [0.717, 1.165) is 40.3 Å². The van der Waals surface area contributed by atoms with Crippen LogP contribution < -0.4 is 10.5 Å². The Morgan fingerprint density at radius 2 is 1.74 bits per heavy atom. The Kier molecular flexibility index (Phi) is 3.65. The minimum Gasteiger partial charge on any atom is -0.508 e. The summed E-state index contributed by atoms with van der Waals surface area (Å²) in [5, 5.41) is 9.67. The summed E-state index contributed by atoms with van der Waals surface area (Å²) < 4.78 is 5.93. The van der Waals surface area contributed by atoms with Gasteiger partial charge in [-0.05, 0) is 67.3 Å². The van der Waals surface area contributed by atoms with Crippen LogP contribution in [0.5, 0.6) is 17.2 Å². The van der Waals surface area contributed by atoms with Crippen molar-refractivity contribution in [3.05, 3.63) is 47.0 Å². The second-order valence-corrected chi connectivity index (χ2v) is 4.73. The largest absolute Gasteiger partial charge is 0.508 e. The van der Waals surface area contributed by atoms with Crippen LogP contribution in [-0.4, -0.2) is 5.11 Å². The van der Waals surface area contributed by atoms with Gasteiger partial charge in [0, 0.05) is 5.69 Å². The number of hydrogen-bond donors (Lipinski definition) is 2. The number of aromatic hydroxyl groups is 1. The summed E-state index contributed by atoms with van der Waals surface area (Å²) in [4.78, 5) is 0. The fourth-order valence-electron chi connectivity index (χ4n) is 2.17. The fourth-order valence-corrected chi connectivity index (χ4v) is 2.17. The summed E-state index contributed by atoms with van der Waals surface area (Å²) in [5.41, 5.74) is 9.42. The van der Waals surface area contributed by atoms with E-state index in [9.17, 15) is 5.11 Å². The van der Waals surface area contributed by atoms with Gasteiger partial charge >= 0.3 is 0 Å². The number of phenolic OH excluding ortho intramolecular Hbond substituents is 1. The first-order valence-electron chi connectivity index (χ1n) is 6.37. The summed E-state index contributed by atoms with van der Waals surface area (Å²) in [6.45, 7) is 5.94. The molecule has 3 N–H and O–H groups in total. The summed E-state index contributed by atoms with van der Waals surface area (Å²) in [6, 6.07) is 9.08. The summed E-state index contributed by atoms with van der Waals surface area (Å²) in [7, 11) is 0. The molecule has 2 rings (SSSR count). The normalized spacial score (nSPS) is 10.5. The first-order chi connectivity index (χ1) is 9.01. The quantitative estimate of drug-likeness (QED) is 0.819. The summed E-state index contributed by atoms with van der Waals surface area (Å²) >= 11 is 0. The summed E-state index contributed by atoms with van der Waals surface area (Å²) in [6.07, 6.45) is 0.767. The van der Waals surface area contributed by atoms with Crippen molar-refractivity contribution in [1.29, 1.82) is 0 Å². The van der Waals surface area contributed by atoms with Gasteiger partial charge in [-0.2, -0.15) is 0 Å². The molecular formula is C16H19NO2. The van der Waals surface area contributed by atoms with Crippen LogP contribution in [0.25, 0.3) is 0 Å². The molecule has 0 unspecified atom stereocenters. The van der Waals surface area contributed by atoms with Gasteiger partial charge in [0.25, 0.3) is 0 Å². The van der Waals surface area contributed by atoms with Gasteiger partial charge in [0.15, 0.2) is 0 Å². The molecule has 0 heterocycles. The molecule has 2 aromatic rings. The maximum absolute atomic E-state index is 9.67. The maximum Gasteiger partial charge on any atom is 0.133 e. The molecule has 0 aliphatic carbocycles. The number of rotatable bonds is 3. The van der Waals surface area contributed by atoms with Crippen LogP contribution in [0, 0.1) is 13.8 Å². The van der Waals surface area contributed by atoms with E-state index in [0.29, 0.717) is 5.75 Å². The van der Waals surface area contributed by atoms with Crippen molar-refractivity contribution in [2.75, 3.05) is 5.73 Å². The predicted octanol–water partition coefficient (Wildman–Crippen LogP) is 3.95. The van der Waals surface area contributed by atoms with Crippen LogP contribution in [0.3, 0.4) is 0 Å². The molecule has 2 aromatic carbocycles. The standard InChI is InChI=1S/C16H19NO2/c1-4-12-9-14(5-6-15(12)18)19-16-10(2)7-13(17)8-11(16)3/h5-9,18H,4,17H2,1-3H3. The zero-order chi connectivity index (χ0) is 14.0. The van der Waals surface area contributed by atoms with E-state index in [4.69, 9.17) is 10.5 Å². The number of nitrogen functional groups attached to an aromatic ring is 1. The molecule has 0 fully saturated rings. The Hall–Kier alpha value is -2.16. The van der Waals surface area contributed by atoms with E-state index < -0.39 is 0 Å². The number of hydrogen-bond acceptors (Lipinski definition) is 3. The van der Waals surface area contributed by atoms with Crippen LogP contribution in [0.15, 0.2) is 30.3 Å². The minimum absolute atomic E-state index is 0.306. The van der Waals surface area contributed by atoms with E-state index in [1.165, 1.54) is 0 Å². The van der Waals surface area contributed by atoms with Gasteiger partial charge in [0.05, 0.1) is 0 Å². The number of benzene rings is 2. The smallest absolute Gasteiger partial charge is 0.133 e. The van der Waals surface area contributed by atoms with Gasteiger partial charge in [-0.25, -0.2) is 0 Å². The Balaban J connectivity index is 2.36. The summed E-state index contributed by atoms with van der Waals surface area (Å²) in [5.74, 6) is 1.85. The van der Waals surface area contributed by atoms with Gasteiger partial charge in [0.2, 0.25) is 0 Å². The molecule has 0 aliphatic rings. The molecule has 19 heavy (non-hydrogen) atoms. The second kappa shape index (κ2) is 5.22. The molecule has 0 bridgehead atoms. The molecule has 0 radical (unpaired) electrons. The Morgan fingerprint density at radius 3 is 2.32 bits per heavy atom. The van der Waals surface area contributed by atoms with E-state index in [-0.39, 0.29) is 0 Å². The molecule has 0 saturated heterocycles. The lowest BCUT2D eigenvalue weighted by Gasteiger charge is -2.13. The zero-order valence-electron chi connectivity index (χ0n) is 11.5. The van der Waals surface area contributed by atoms with Crippen molar-refractivity contribution in [2.45, 2.75) is 27.2 Å². The number of ether oxygens (including phenoxy) is 1. The van der Waals surface area contributed by atoms with Crippen molar-refractivity contribution in [3.63, 3.8) is 0 Å². The highest BCUT2D eigenvalue weighted by atomic mass is 16.5. The van der Waals surface area contributed by atoms with Crippen molar-refractivity contribution < 1.29 is 9.84 Å². The van der Waals surface area contributed by atoms with Crippen LogP contribution in [0.1, 0.15) is 23.6 Å². The third-order valence-corrected chi connectivity index (χ3v) is 3.13. The lowest BCUT2D eigenvalue weighted by Crippen LogP contribution is -1.95. The second-order valence-electron chi connectivity index (χ2n) is 4.73. The minimum atomic E-state index is 0.306. The molecular weight excluding hydrogens is 238 g/mol. The topological polar surface area (TPSA) is 55.5 Å². The van der Waals surface area contributed by atoms with Crippen molar-refractivity contribution in [3.8, 4) is 17.2 Å². The molecule has 0 aromatic heterocycles. The third-order valence-electron chi connectivity index (χ3n) is 3.13. The Morgan fingerprint density at radius 1 is 1.11 bits per heavy atom. The van der Waals surface area contributed by atoms with Crippen LogP contribution in [0.4, 0.5) is 5.69 Å². The molecule has 0 amide bonds. The van der Waals surface area contributed by atoms with Gasteiger partial charge in [-0.15, -0.1) is 0 Å². The van der Waals surface area contributed by atoms with Gasteiger partial charge < -0.3 is 15.6 Å². The lowest BCUT2D eigenvalue weighted by molar-refractivity contribution is 0.456. The van der Waals surface area contributed by atoms with Gasteiger partial charge in [-0.3, -0.25) is 0 Å². The monoisotopic (exact) mass is 257 g/mol. The number of aryl methyl sites for hydroxylation is 3. The molecule has 100 valence electrons. The highest BCUT2D eigenvalue weighted by molar-refractivity contribution is 5.54. The first kappa shape index (κ1) is 13.3. The molecule has 0 aliphatic heterocycles. The average Bonchev–Trinajstić information content (AvgIpc) is 2.35. The van der Waals surface area contributed by atoms with Crippen LogP contribution >= 0.6 is 0 Å². The Bertz CT molecular complexity index is 583. The van der Waals surface area contributed by atoms with Crippen molar-refractivity contribution in [1.82, 2.24) is 0 Å².